The van der Waals surface area contributed by atoms with Crippen LogP contribution in [-0.4, -0.2) is 9.36 Å². The molecule has 0 aliphatic heterocycles. The minimum Gasteiger partial charge on any atom is -0.353 e. The maximum absolute atomic E-state index is 4.07. The first-order valence-corrected chi connectivity index (χ1v) is 5.58. The summed E-state index contributed by atoms with van der Waals surface area (Å²) in [7, 11) is 0. The number of hydrogen-bond acceptors (Lipinski definition) is 5. The van der Waals surface area contributed by atoms with Crippen LogP contribution in [0.15, 0.2) is 23.8 Å². The first kappa shape index (κ1) is 8.65. The molecular formula is C8H9N3S2. The van der Waals surface area contributed by atoms with E-state index in [2.05, 4.69) is 39.1 Å². The molecule has 1 atom stereocenters. The van der Waals surface area contributed by atoms with Crippen molar-refractivity contribution in [3.63, 3.8) is 0 Å². The second kappa shape index (κ2) is 3.85. The summed E-state index contributed by atoms with van der Waals surface area (Å²) in [6.45, 7) is 2.12. The van der Waals surface area contributed by atoms with E-state index in [0.717, 1.165) is 5.13 Å². The third kappa shape index (κ3) is 2.05. The van der Waals surface area contributed by atoms with Crippen LogP contribution < -0.4 is 5.32 Å². The number of thiophene rings is 1. The molecule has 0 aliphatic carbocycles. The van der Waals surface area contributed by atoms with E-state index >= 15 is 0 Å². The third-order valence-electron chi connectivity index (χ3n) is 1.67. The fourth-order valence-corrected chi connectivity index (χ4v) is 2.28. The Bertz CT molecular complexity index is 341. The normalized spacial score (nSPS) is 12.7. The van der Waals surface area contributed by atoms with Crippen molar-refractivity contribution in [3.8, 4) is 0 Å². The summed E-state index contributed by atoms with van der Waals surface area (Å²) >= 11 is 3.13. The average Bonchev–Trinajstić information content (AvgIpc) is 2.74. The Balaban J connectivity index is 2.04. The minimum atomic E-state index is 0.313. The Hall–Kier alpha value is -0.940. The molecule has 0 fully saturated rings. The zero-order valence-electron chi connectivity index (χ0n) is 7.10. The molecule has 2 aromatic heterocycles. The number of anilines is 1. The summed E-state index contributed by atoms with van der Waals surface area (Å²) in [5.41, 5.74) is 0. The van der Waals surface area contributed by atoms with Crippen molar-refractivity contribution in [2.24, 2.45) is 0 Å². The highest BCUT2D eigenvalue weighted by atomic mass is 32.1. The molecule has 68 valence electrons. The van der Waals surface area contributed by atoms with Crippen molar-refractivity contribution in [1.29, 1.82) is 0 Å². The van der Waals surface area contributed by atoms with Gasteiger partial charge in [0, 0.05) is 16.4 Å². The van der Waals surface area contributed by atoms with Gasteiger partial charge in [0.15, 0.2) is 0 Å². The van der Waals surface area contributed by atoms with E-state index in [9.17, 15) is 0 Å². The molecule has 3 nitrogen and oxygen atoms in total. The quantitative estimate of drug-likeness (QED) is 0.848. The first-order valence-electron chi connectivity index (χ1n) is 3.93. The lowest BCUT2D eigenvalue weighted by molar-refractivity contribution is 0.904. The molecule has 0 radical (unpaired) electrons. The molecule has 2 rings (SSSR count). The number of nitrogens with one attached hydrogen (secondary N) is 1. The molecule has 0 bridgehead atoms. The van der Waals surface area contributed by atoms with Gasteiger partial charge in [-0.05, 0) is 18.4 Å². The number of rotatable bonds is 3. The van der Waals surface area contributed by atoms with Gasteiger partial charge in [-0.15, -0.1) is 11.3 Å². The van der Waals surface area contributed by atoms with E-state index in [-0.39, 0.29) is 0 Å². The molecular weight excluding hydrogens is 202 g/mol. The highest BCUT2D eigenvalue weighted by Crippen LogP contribution is 2.22. The second-order valence-electron chi connectivity index (χ2n) is 2.63. The highest BCUT2D eigenvalue weighted by molar-refractivity contribution is 7.10. The highest BCUT2D eigenvalue weighted by Gasteiger charge is 2.06. The molecule has 0 amide bonds. The van der Waals surface area contributed by atoms with Crippen LogP contribution in [0, 0.1) is 0 Å². The lowest BCUT2D eigenvalue weighted by atomic mass is 10.3. The molecule has 0 aliphatic rings. The summed E-state index contributed by atoms with van der Waals surface area (Å²) in [6.07, 6.45) is 1.56. The van der Waals surface area contributed by atoms with E-state index in [1.165, 1.54) is 16.4 Å². The molecule has 2 heterocycles. The van der Waals surface area contributed by atoms with Gasteiger partial charge in [-0.3, -0.25) is 0 Å². The lowest BCUT2D eigenvalue weighted by Crippen LogP contribution is -2.03. The van der Waals surface area contributed by atoms with Gasteiger partial charge in [0.2, 0.25) is 5.13 Å². The maximum Gasteiger partial charge on any atom is 0.202 e. The van der Waals surface area contributed by atoms with Gasteiger partial charge < -0.3 is 5.32 Å². The molecule has 0 spiro atoms. The molecule has 13 heavy (non-hydrogen) atoms. The Morgan fingerprint density at radius 1 is 1.54 bits per heavy atom. The van der Waals surface area contributed by atoms with Crippen LogP contribution in [0.4, 0.5) is 5.13 Å². The molecule has 0 saturated carbocycles. The predicted molar refractivity (Wildman–Crippen MR) is 56.3 cm³/mol. The fourth-order valence-electron chi connectivity index (χ4n) is 1.03. The number of nitrogens with zero attached hydrogens (tertiary/aromatic N) is 2. The molecule has 0 aromatic carbocycles. The van der Waals surface area contributed by atoms with Crippen molar-refractivity contribution < 1.29 is 0 Å². The van der Waals surface area contributed by atoms with Gasteiger partial charge in [-0.2, -0.15) is 4.37 Å². The fraction of sp³-hybridized carbons (Fsp3) is 0.250. The van der Waals surface area contributed by atoms with Crippen LogP contribution in [0.25, 0.3) is 0 Å². The molecule has 2 aromatic rings. The van der Waals surface area contributed by atoms with E-state index < -0.39 is 0 Å². The van der Waals surface area contributed by atoms with Gasteiger partial charge in [-0.25, -0.2) is 4.98 Å². The van der Waals surface area contributed by atoms with Crippen molar-refractivity contribution in [3.05, 3.63) is 28.7 Å². The van der Waals surface area contributed by atoms with Crippen molar-refractivity contribution in [2.75, 3.05) is 5.32 Å². The summed E-state index contributed by atoms with van der Waals surface area (Å²) in [4.78, 5) is 5.38. The average molecular weight is 211 g/mol. The zero-order chi connectivity index (χ0) is 9.10. The van der Waals surface area contributed by atoms with E-state index in [1.54, 1.807) is 17.7 Å². The van der Waals surface area contributed by atoms with Crippen molar-refractivity contribution >= 4 is 28.0 Å². The standard InChI is InChI=1S/C8H9N3S2/c1-6(7-3-2-4-12-7)11-8-9-5-10-13-8/h2-6H,1H3,(H,9,10,11)/t6-/m0/s1. The van der Waals surface area contributed by atoms with Crippen LogP contribution in [0.2, 0.25) is 0 Å². The van der Waals surface area contributed by atoms with Crippen LogP contribution in [0.3, 0.4) is 0 Å². The van der Waals surface area contributed by atoms with Crippen molar-refractivity contribution in [1.82, 2.24) is 9.36 Å². The Kier molecular flexibility index (Phi) is 2.56. The number of hydrogen-bond donors (Lipinski definition) is 1. The largest absolute Gasteiger partial charge is 0.353 e. The van der Waals surface area contributed by atoms with Crippen LogP contribution in [0.5, 0.6) is 0 Å². The van der Waals surface area contributed by atoms with Gasteiger partial charge in [-0.1, -0.05) is 6.07 Å². The van der Waals surface area contributed by atoms with Crippen LogP contribution in [-0.2, 0) is 0 Å². The van der Waals surface area contributed by atoms with Gasteiger partial charge in [0.25, 0.3) is 0 Å². The van der Waals surface area contributed by atoms with Crippen LogP contribution >= 0.6 is 22.9 Å². The Labute approximate surface area is 84.6 Å². The Morgan fingerprint density at radius 2 is 2.46 bits per heavy atom. The van der Waals surface area contributed by atoms with E-state index in [4.69, 9.17) is 0 Å². The van der Waals surface area contributed by atoms with Gasteiger partial charge in [0.1, 0.15) is 6.33 Å². The van der Waals surface area contributed by atoms with Gasteiger partial charge in [0.05, 0.1) is 6.04 Å². The summed E-state index contributed by atoms with van der Waals surface area (Å²) in [5.74, 6) is 0. The van der Waals surface area contributed by atoms with E-state index in [0.29, 0.717) is 6.04 Å². The smallest absolute Gasteiger partial charge is 0.202 e. The SMILES string of the molecule is C[C@H](Nc1ncns1)c1cccs1. The second-order valence-corrected chi connectivity index (χ2v) is 4.39. The topological polar surface area (TPSA) is 37.8 Å². The molecule has 5 heteroatoms. The maximum atomic E-state index is 4.07. The third-order valence-corrected chi connectivity index (χ3v) is 3.32. The monoisotopic (exact) mass is 211 g/mol. The van der Waals surface area contributed by atoms with Crippen LogP contribution in [0.1, 0.15) is 17.8 Å². The van der Waals surface area contributed by atoms with E-state index in [1.807, 2.05) is 0 Å². The Morgan fingerprint density at radius 3 is 3.08 bits per heavy atom. The predicted octanol–water partition coefficient (Wildman–Crippen LogP) is 2.77. The van der Waals surface area contributed by atoms with Crippen molar-refractivity contribution in [2.45, 2.75) is 13.0 Å². The number of aromatic nitrogens is 2. The molecule has 0 unspecified atom stereocenters. The minimum absolute atomic E-state index is 0.313. The zero-order valence-corrected chi connectivity index (χ0v) is 8.73. The lowest BCUT2D eigenvalue weighted by Gasteiger charge is -2.09. The van der Waals surface area contributed by atoms with Gasteiger partial charge >= 0.3 is 0 Å². The summed E-state index contributed by atoms with van der Waals surface area (Å²) in [6, 6.07) is 4.48. The first-order chi connectivity index (χ1) is 6.36. The molecule has 0 saturated heterocycles. The molecule has 1 N–H and O–H groups in total. The summed E-state index contributed by atoms with van der Waals surface area (Å²) in [5, 5.41) is 6.23. The summed E-state index contributed by atoms with van der Waals surface area (Å²) < 4.78 is 3.93.